The van der Waals surface area contributed by atoms with E-state index in [-0.39, 0.29) is 12.1 Å². The number of urea groups is 1. The van der Waals surface area contributed by atoms with Gasteiger partial charge in [0.05, 0.1) is 0 Å². The summed E-state index contributed by atoms with van der Waals surface area (Å²) < 4.78 is 0. The Hall–Kier alpha value is -1.26. The zero-order valence-electron chi connectivity index (χ0n) is 9.19. The van der Waals surface area contributed by atoms with Crippen molar-refractivity contribution >= 4 is 12.0 Å². The lowest BCUT2D eigenvalue weighted by Gasteiger charge is -2.23. The molecule has 5 heteroatoms. The monoisotopic (exact) mass is 214 g/mol. The molecular weight excluding hydrogens is 196 g/mol. The molecule has 1 rings (SSSR count). The van der Waals surface area contributed by atoms with Gasteiger partial charge in [-0.3, -0.25) is 0 Å². The molecule has 1 saturated heterocycles. The van der Waals surface area contributed by atoms with Gasteiger partial charge in [0.2, 0.25) is 0 Å². The predicted molar refractivity (Wildman–Crippen MR) is 55.6 cm³/mol. The van der Waals surface area contributed by atoms with Crippen LogP contribution in [0.3, 0.4) is 0 Å². The summed E-state index contributed by atoms with van der Waals surface area (Å²) in [5.74, 6) is -0.974. The van der Waals surface area contributed by atoms with Gasteiger partial charge in [0.1, 0.15) is 6.04 Å². The van der Waals surface area contributed by atoms with Crippen molar-refractivity contribution in [3.05, 3.63) is 0 Å². The van der Waals surface area contributed by atoms with E-state index in [0.29, 0.717) is 6.42 Å². The quantitative estimate of drug-likeness (QED) is 0.737. The molecule has 5 nitrogen and oxygen atoms in total. The van der Waals surface area contributed by atoms with Crippen LogP contribution in [-0.2, 0) is 4.79 Å². The number of nitrogens with zero attached hydrogens (tertiary/aromatic N) is 1. The number of carbonyl (C=O) groups is 2. The van der Waals surface area contributed by atoms with Gasteiger partial charge >= 0.3 is 12.0 Å². The van der Waals surface area contributed by atoms with Gasteiger partial charge in [-0.1, -0.05) is 6.92 Å². The SMILES string of the molecule is CCC(NC(=O)N1CCCC1C)C(=O)O. The van der Waals surface area contributed by atoms with Gasteiger partial charge in [-0.15, -0.1) is 0 Å². The number of nitrogens with one attached hydrogen (secondary N) is 1. The molecule has 0 bridgehead atoms. The Bertz CT molecular complexity index is 255. The van der Waals surface area contributed by atoms with Crippen LogP contribution in [0.15, 0.2) is 0 Å². The first-order valence-electron chi connectivity index (χ1n) is 5.36. The van der Waals surface area contributed by atoms with Crippen LogP contribution in [0.2, 0.25) is 0 Å². The molecule has 86 valence electrons. The maximum Gasteiger partial charge on any atom is 0.326 e. The molecule has 1 aliphatic heterocycles. The molecule has 2 N–H and O–H groups in total. The van der Waals surface area contributed by atoms with Crippen molar-refractivity contribution in [2.45, 2.75) is 45.2 Å². The number of carbonyl (C=O) groups excluding carboxylic acids is 1. The molecule has 0 aliphatic carbocycles. The molecule has 2 unspecified atom stereocenters. The van der Waals surface area contributed by atoms with Crippen molar-refractivity contribution in [2.75, 3.05) is 6.54 Å². The first-order valence-corrected chi connectivity index (χ1v) is 5.36. The average Bonchev–Trinajstić information content (AvgIpc) is 2.60. The molecule has 0 spiro atoms. The van der Waals surface area contributed by atoms with Crippen molar-refractivity contribution in [3.8, 4) is 0 Å². The fourth-order valence-corrected chi connectivity index (χ4v) is 1.81. The van der Waals surface area contributed by atoms with Crippen LogP contribution in [0, 0.1) is 0 Å². The predicted octanol–water partition coefficient (Wildman–Crippen LogP) is 1.04. The molecule has 2 amide bonds. The summed E-state index contributed by atoms with van der Waals surface area (Å²) in [5, 5.41) is 11.3. The highest BCUT2D eigenvalue weighted by Gasteiger charge is 2.27. The third kappa shape index (κ3) is 2.84. The van der Waals surface area contributed by atoms with Gasteiger partial charge < -0.3 is 15.3 Å². The molecule has 0 aromatic heterocycles. The van der Waals surface area contributed by atoms with Crippen molar-refractivity contribution in [1.29, 1.82) is 0 Å². The number of hydrogen-bond donors (Lipinski definition) is 2. The van der Waals surface area contributed by atoms with Crippen molar-refractivity contribution in [2.24, 2.45) is 0 Å². The summed E-state index contributed by atoms with van der Waals surface area (Å²) in [6.45, 7) is 4.45. The van der Waals surface area contributed by atoms with Crippen LogP contribution in [0.5, 0.6) is 0 Å². The number of carboxylic acids is 1. The number of aliphatic carboxylic acids is 1. The van der Waals surface area contributed by atoms with Crippen LogP contribution >= 0.6 is 0 Å². The van der Waals surface area contributed by atoms with E-state index in [9.17, 15) is 9.59 Å². The van der Waals surface area contributed by atoms with E-state index in [1.54, 1.807) is 11.8 Å². The van der Waals surface area contributed by atoms with Crippen LogP contribution in [0.4, 0.5) is 4.79 Å². The molecular formula is C10H18N2O3. The summed E-state index contributed by atoms with van der Waals surface area (Å²) >= 11 is 0. The first-order chi connectivity index (χ1) is 7.06. The second-order valence-corrected chi connectivity index (χ2v) is 3.93. The molecule has 15 heavy (non-hydrogen) atoms. The highest BCUT2D eigenvalue weighted by atomic mass is 16.4. The molecule has 0 aromatic rings. The Labute approximate surface area is 89.4 Å². The fraction of sp³-hybridized carbons (Fsp3) is 0.800. The number of likely N-dealkylation sites (tertiary alicyclic amines) is 1. The van der Waals surface area contributed by atoms with Gasteiger partial charge in [-0.25, -0.2) is 9.59 Å². The molecule has 0 aromatic carbocycles. The number of hydrogen-bond acceptors (Lipinski definition) is 2. The average molecular weight is 214 g/mol. The third-order valence-electron chi connectivity index (χ3n) is 2.82. The molecule has 1 fully saturated rings. The van der Waals surface area contributed by atoms with Crippen LogP contribution in [0.25, 0.3) is 0 Å². The van der Waals surface area contributed by atoms with E-state index in [4.69, 9.17) is 5.11 Å². The second kappa shape index (κ2) is 5.00. The maximum atomic E-state index is 11.7. The maximum absolute atomic E-state index is 11.7. The van der Waals surface area contributed by atoms with Crippen LogP contribution < -0.4 is 5.32 Å². The minimum Gasteiger partial charge on any atom is -0.480 e. The molecule has 2 atom stereocenters. The summed E-state index contributed by atoms with van der Waals surface area (Å²) in [4.78, 5) is 24.1. The lowest BCUT2D eigenvalue weighted by Crippen LogP contribution is -2.48. The number of rotatable bonds is 3. The van der Waals surface area contributed by atoms with Crippen molar-refractivity contribution in [3.63, 3.8) is 0 Å². The Morgan fingerprint density at radius 1 is 1.60 bits per heavy atom. The fourth-order valence-electron chi connectivity index (χ4n) is 1.81. The normalized spacial score (nSPS) is 22.5. The standard InChI is InChI=1S/C10H18N2O3/c1-3-8(9(13)14)11-10(15)12-6-4-5-7(12)2/h7-8H,3-6H2,1-2H3,(H,11,15)(H,13,14). The van der Waals surface area contributed by atoms with Gasteiger partial charge in [0.25, 0.3) is 0 Å². The summed E-state index contributed by atoms with van der Waals surface area (Å²) in [7, 11) is 0. The van der Waals surface area contributed by atoms with E-state index in [1.807, 2.05) is 6.92 Å². The topological polar surface area (TPSA) is 69.6 Å². The summed E-state index contributed by atoms with van der Waals surface area (Å²) in [6, 6.07) is -0.809. The second-order valence-electron chi connectivity index (χ2n) is 3.93. The van der Waals surface area contributed by atoms with E-state index in [1.165, 1.54) is 0 Å². The highest BCUT2D eigenvalue weighted by molar-refractivity contribution is 5.82. The summed E-state index contributed by atoms with van der Waals surface area (Å²) in [6.07, 6.45) is 2.40. The molecule has 1 aliphatic rings. The van der Waals surface area contributed by atoms with Gasteiger partial charge in [0, 0.05) is 12.6 Å². The Morgan fingerprint density at radius 2 is 2.27 bits per heavy atom. The van der Waals surface area contributed by atoms with E-state index < -0.39 is 12.0 Å². The Kier molecular flexibility index (Phi) is 3.94. The smallest absolute Gasteiger partial charge is 0.326 e. The molecule has 0 saturated carbocycles. The largest absolute Gasteiger partial charge is 0.480 e. The van der Waals surface area contributed by atoms with Gasteiger partial charge in [-0.2, -0.15) is 0 Å². The number of amides is 2. The molecule has 1 heterocycles. The van der Waals surface area contributed by atoms with E-state index in [0.717, 1.165) is 19.4 Å². The Balaban J connectivity index is 2.50. The first kappa shape index (κ1) is 11.8. The molecule has 0 radical (unpaired) electrons. The van der Waals surface area contributed by atoms with Gasteiger partial charge in [-0.05, 0) is 26.2 Å². The zero-order valence-corrected chi connectivity index (χ0v) is 9.19. The highest BCUT2D eigenvalue weighted by Crippen LogP contribution is 2.16. The van der Waals surface area contributed by atoms with Gasteiger partial charge in [0.15, 0.2) is 0 Å². The van der Waals surface area contributed by atoms with Crippen LogP contribution in [0.1, 0.15) is 33.1 Å². The van der Waals surface area contributed by atoms with Crippen LogP contribution in [-0.4, -0.2) is 40.6 Å². The van der Waals surface area contributed by atoms with E-state index in [2.05, 4.69) is 5.32 Å². The third-order valence-corrected chi connectivity index (χ3v) is 2.82. The zero-order chi connectivity index (χ0) is 11.4. The van der Waals surface area contributed by atoms with Crippen molar-refractivity contribution in [1.82, 2.24) is 10.2 Å². The van der Waals surface area contributed by atoms with E-state index >= 15 is 0 Å². The van der Waals surface area contributed by atoms with Crippen molar-refractivity contribution < 1.29 is 14.7 Å². The lowest BCUT2D eigenvalue weighted by atomic mass is 10.2. The lowest BCUT2D eigenvalue weighted by molar-refractivity contribution is -0.139. The minimum absolute atomic E-state index is 0.219. The Morgan fingerprint density at radius 3 is 2.67 bits per heavy atom. The minimum atomic E-state index is -0.974. The summed E-state index contributed by atoms with van der Waals surface area (Å²) in [5.41, 5.74) is 0. The number of carboxylic acid groups (broad SMARTS) is 1.